The van der Waals surface area contributed by atoms with Crippen LogP contribution in [0.25, 0.3) is 0 Å². The number of ether oxygens (including phenoxy) is 1. The van der Waals surface area contributed by atoms with Crippen LogP contribution in [0.2, 0.25) is 0 Å². The minimum Gasteiger partial charge on any atom is -0.386 e. The predicted molar refractivity (Wildman–Crippen MR) is 53.5 cm³/mol. The van der Waals surface area contributed by atoms with Crippen molar-refractivity contribution in [3.05, 3.63) is 12.3 Å². The summed E-state index contributed by atoms with van der Waals surface area (Å²) in [5.74, 6) is -0.0700. The highest BCUT2D eigenvalue weighted by atomic mass is 16.5. The Morgan fingerprint density at radius 1 is 1.54 bits per heavy atom. The average Bonchev–Trinajstić information content (AvgIpc) is 2.15. The first-order chi connectivity index (χ1) is 6.01. The molecular weight excluding hydrogens is 166 g/mol. The maximum atomic E-state index is 11.7. The van der Waals surface area contributed by atoms with E-state index >= 15 is 0 Å². The topological polar surface area (TPSA) is 38.3 Å². The van der Waals surface area contributed by atoms with Gasteiger partial charge >= 0.3 is 0 Å². The second-order valence-corrected chi connectivity index (χ2v) is 3.08. The molecule has 0 aliphatic carbocycles. The van der Waals surface area contributed by atoms with Crippen molar-refractivity contribution in [2.75, 3.05) is 13.7 Å². The Kier molecular flexibility index (Phi) is 4.70. The van der Waals surface area contributed by atoms with Crippen LogP contribution in [-0.4, -0.2) is 25.0 Å². The summed E-state index contributed by atoms with van der Waals surface area (Å²) in [6.07, 6.45) is 0.653. The summed E-state index contributed by atoms with van der Waals surface area (Å²) in [6.45, 7) is 9.76. The molecule has 0 saturated heterocycles. The highest BCUT2D eigenvalue weighted by Gasteiger charge is 2.32. The molecule has 76 valence electrons. The highest BCUT2D eigenvalue weighted by molar-refractivity contribution is 6.00. The Bertz CT molecular complexity index is 201. The Balaban J connectivity index is 4.55. The number of Topliss-reactive ketones (excluding diaryl/α,β-unsaturated/α-hetero) is 1. The zero-order valence-corrected chi connectivity index (χ0v) is 8.94. The van der Waals surface area contributed by atoms with Gasteiger partial charge < -0.3 is 10.1 Å². The van der Waals surface area contributed by atoms with E-state index in [4.69, 9.17) is 4.74 Å². The predicted octanol–water partition coefficient (Wildman–Crippen LogP) is 1.49. The number of hydrogen-bond acceptors (Lipinski definition) is 3. The minimum absolute atomic E-state index is 0.0700. The van der Waals surface area contributed by atoms with Gasteiger partial charge in [-0.25, -0.2) is 0 Å². The molecule has 0 rings (SSSR count). The Morgan fingerprint density at radius 3 is 2.38 bits per heavy atom. The summed E-state index contributed by atoms with van der Waals surface area (Å²) < 4.78 is 5.41. The van der Waals surface area contributed by atoms with E-state index in [1.165, 1.54) is 0 Å². The van der Waals surface area contributed by atoms with Gasteiger partial charge in [-0.1, -0.05) is 13.5 Å². The molecule has 0 bridgehead atoms. The van der Waals surface area contributed by atoms with E-state index in [1.54, 1.807) is 14.0 Å². The average molecular weight is 185 g/mol. The maximum Gasteiger partial charge on any atom is 0.209 e. The Labute approximate surface area is 80.2 Å². The molecule has 0 aliphatic rings. The van der Waals surface area contributed by atoms with Gasteiger partial charge in [0.25, 0.3) is 0 Å². The SMILES string of the molecule is C=C(NC)C(=O)C(C)(CC)OCC. The molecule has 0 spiro atoms. The summed E-state index contributed by atoms with van der Waals surface area (Å²) >= 11 is 0. The van der Waals surface area contributed by atoms with E-state index in [0.29, 0.717) is 18.7 Å². The summed E-state index contributed by atoms with van der Waals surface area (Å²) in [5.41, 5.74) is -0.327. The molecule has 3 nitrogen and oxygen atoms in total. The lowest BCUT2D eigenvalue weighted by Crippen LogP contribution is -2.41. The number of nitrogens with one attached hydrogen (secondary N) is 1. The van der Waals surface area contributed by atoms with Crippen LogP contribution in [0.5, 0.6) is 0 Å². The molecule has 1 N–H and O–H groups in total. The standard InChI is InChI=1S/C10H19NO2/c1-6-10(4,13-7-2)9(12)8(3)11-5/h11H,3,6-7H2,1-2,4-5H3. The Hall–Kier alpha value is -0.830. The molecule has 0 aliphatic heterocycles. The monoisotopic (exact) mass is 185 g/mol. The van der Waals surface area contributed by atoms with Crippen molar-refractivity contribution in [3.8, 4) is 0 Å². The van der Waals surface area contributed by atoms with Crippen LogP contribution < -0.4 is 5.32 Å². The van der Waals surface area contributed by atoms with E-state index in [0.717, 1.165) is 0 Å². The second-order valence-electron chi connectivity index (χ2n) is 3.08. The highest BCUT2D eigenvalue weighted by Crippen LogP contribution is 2.18. The largest absolute Gasteiger partial charge is 0.386 e. The van der Waals surface area contributed by atoms with Crippen LogP contribution in [0.4, 0.5) is 0 Å². The van der Waals surface area contributed by atoms with Gasteiger partial charge in [0.15, 0.2) is 0 Å². The molecule has 0 amide bonds. The fourth-order valence-corrected chi connectivity index (χ4v) is 1.08. The fourth-order valence-electron chi connectivity index (χ4n) is 1.08. The summed E-state index contributed by atoms with van der Waals surface area (Å²) in [5, 5.41) is 2.74. The van der Waals surface area contributed by atoms with Crippen molar-refractivity contribution in [1.82, 2.24) is 5.32 Å². The smallest absolute Gasteiger partial charge is 0.209 e. The number of likely N-dealkylation sites (N-methyl/N-ethyl adjacent to an activating group) is 1. The van der Waals surface area contributed by atoms with Crippen LogP contribution >= 0.6 is 0 Å². The molecule has 3 heteroatoms. The van der Waals surface area contributed by atoms with E-state index in [1.807, 2.05) is 13.8 Å². The van der Waals surface area contributed by atoms with Crippen LogP contribution in [-0.2, 0) is 9.53 Å². The fraction of sp³-hybridized carbons (Fsp3) is 0.700. The number of ketones is 1. The first kappa shape index (κ1) is 12.2. The quantitative estimate of drug-likeness (QED) is 0.637. The van der Waals surface area contributed by atoms with Crippen molar-refractivity contribution in [2.24, 2.45) is 0 Å². The van der Waals surface area contributed by atoms with Crippen molar-refractivity contribution < 1.29 is 9.53 Å². The third-order valence-corrected chi connectivity index (χ3v) is 2.19. The van der Waals surface area contributed by atoms with Gasteiger partial charge in [-0.2, -0.15) is 0 Å². The van der Waals surface area contributed by atoms with Crippen LogP contribution in [0.3, 0.4) is 0 Å². The van der Waals surface area contributed by atoms with Crippen molar-refractivity contribution in [2.45, 2.75) is 32.8 Å². The molecule has 1 atom stereocenters. The first-order valence-electron chi connectivity index (χ1n) is 4.57. The number of carbonyl (C=O) groups is 1. The number of carbonyl (C=O) groups excluding carboxylic acids is 1. The third-order valence-electron chi connectivity index (χ3n) is 2.19. The molecule has 0 radical (unpaired) electrons. The summed E-state index contributed by atoms with van der Waals surface area (Å²) in [4.78, 5) is 11.7. The van der Waals surface area contributed by atoms with E-state index in [2.05, 4.69) is 11.9 Å². The van der Waals surface area contributed by atoms with Crippen LogP contribution in [0.15, 0.2) is 12.3 Å². The van der Waals surface area contributed by atoms with Gasteiger partial charge in [-0.15, -0.1) is 0 Å². The van der Waals surface area contributed by atoms with E-state index in [-0.39, 0.29) is 5.78 Å². The molecule has 0 fully saturated rings. The molecule has 13 heavy (non-hydrogen) atoms. The van der Waals surface area contributed by atoms with Crippen LogP contribution in [0.1, 0.15) is 27.2 Å². The lowest BCUT2D eigenvalue weighted by molar-refractivity contribution is -0.138. The van der Waals surface area contributed by atoms with Crippen molar-refractivity contribution >= 4 is 5.78 Å². The maximum absolute atomic E-state index is 11.7. The Morgan fingerprint density at radius 2 is 2.08 bits per heavy atom. The molecule has 1 unspecified atom stereocenters. The lowest BCUT2D eigenvalue weighted by Gasteiger charge is -2.27. The summed E-state index contributed by atoms with van der Waals surface area (Å²) in [6, 6.07) is 0. The van der Waals surface area contributed by atoms with Gasteiger partial charge in [-0.05, 0) is 20.3 Å². The van der Waals surface area contributed by atoms with Gasteiger partial charge in [0, 0.05) is 13.7 Å². The molecule has 0 aromatic rings. The first-order valence-corrected chi connectivity index (χ1v) is 4.57. The van der Waals surface area contributed by atoms with Crippen LogP contribution in [0, 0.1) is 0 Å². The minimum atomic E-state index is -0.727. The number of hydrogen-bond donors (Lipinski definition) is 1. The van der Waals surface area contributed by atoms with Gasteiger partial charge in [-0.3, -0.25) is 4.79 Å². The van der Waals surface area contributed by atoms with E-state index < -0.39 is 5.60 Å². The number of rotatable bonds is 6. The lowest BCUT2D eigenvalue weighted by atomic mass is 9.95. The summed E-state index contributed by atoms with van der Waals surface area (Å²) in [7, 11) is 1.68. The zero-order valence-electron chi connectivity index (χ0n) is 8.94. The molecule has 0 saturated carbocycles. The van der Waals surface area contributed by atoms with Crippen molar-refractivity contribution in [1.29, 1.82) is 0 Å². The van der Waals surface area contributed by atoms with Crippen molar-refractivity contribution in [3.63, 3.8) is 0 Å². The molecular formula is C10H19NO2. The van der Waals surface area contributed by atoms with Gasteiger partial charge in [0.1, 0.15) is 5.60 Å². The molecule has 0 aromatic carbocycles. The normalized spacial score (nSPS) is 14.8. The zero-order chi connectivity index (χ0) is 10.5. The third kappa shape index (κ3) is 2.84. The van der Waals surface area contributed by atoms with Gasteiger partial charge in [0.05, 0.1) is 5.70 Å². The van der Waals surface area contributed by atoms with E-state index in [9.17, 15) is 4.79 Å². The molecule has 0 aromatic heterocycles. The molecule has 0 heterocycles. The second kappa shape index (κ2) is 5.02. The van der Waals surface area contributed by atoms with Gasteiger partial charge in [0.2, 0.25) is 5.78 Å².